The Kier molecular flexibility index (Phi) is 13.7. The van der Waals surface area contributed by atoms with E-state index in [1.807, 2.05) is 0 Å². The lowest BCUT2D eigenvalue weighted by molar-refractivity contribution is 0.606. The highest BCUT2D eigenvalue weighted by Crippen LogP contribution is 1.61. The van der Waals surface area contributed by atoms with Gasteiger partial charge in [-0.2, -0.15) is 0 Å². The lowest BCUT2D eigenvalue weighted by atomic mass is 11.8. The second kappa shape index (κ2) is 9.44. The SMILES string of the molecule is C[S+](C)[O-].N=C=S. The minimum atomic E-state index is -0.611. The predicted octanol–water partition coefficient (Wildman–Crippen LogP) is 0.663. The van der Waals surface area contributed by atoms with Crippen molar-refractivity contribution in [3.8, 4) is 0 Å². The Labute approximate surface area is 51.6 Å². The second-order valence-electron chi connectivity index (χ2n) is 0.844. The molecule has 0 rings (SSSR count). The summed E-state index contributed by atoms with van der Waals surface area (Å²) >= 11 is 3.20. The molecule has 0 saturated carbocycles. The molecule has 0 aromatic carbocycles. The molecule has 0 aromatic heterocycles. The van der Waals surface area contributed by atoms with E-state index in [-0.39, 0.29) is 0 Å². The van der Waals surface area contributed by atoms with E-state index in [9.17, 15) is 4.55 Å². The third kappa shape index (κ3) is 8530. The van der Waals surface area contributed by atoms with Gasteiger partial charge in [-0.05, 0) is 12.2 Å². The molecule has 42 valence electrons. The Morgan fingerprint density at radius 3 is 1.71 bits per heavy atom. The van der Waals surface area contributed by atoms with Gasteiger partial charge in [-0.25, -0.2) is 5.41 Å². The van der Waals surface area contributed by atoms with Crippen LogP contribution in [0.4, 0.5) is 0 Å². The van der Waals surface area contributed by atoms with Crippen LogP contribution >= 0.6 is 12.2 Å². The molecule has 0 aromatic rings. The lowest BCUT2D eigenvalue weighted by Crippen LogP contribution is -1.86. The van der Waals surface area contributed by atoms with Crippen molar-refractivity contribution in [3.05, 3.63) is 0 Å². The van der Waals surface area contributed by atoms with E-state index in [2.05, 4.69) is 12.2 Å². The van der Waals surface area contributed by atoms with Crippen molar-refractivity contribution >= 4 is 28.6 Å². The summed E-state index contributed by atoms with van der Waals surface area (Å²) in [5.74, 6) is 0. The van der Waals surface area contributed by atoms with Gasteiger partial charge in [0, 0.05) is 0 Å². The standard InChI is InChI=1S/C2H6OS.CHNS/c1-4(2)3;2-1-3/h1-2H3;2H. The smallest absolute Gasteiger partial charge is 0.0946 e. The summed E-state index contributed by atoms with van der Waals surface area (Å²) in [6.07, 6.45) is 3.28. The molecule has 0 spiro atoms. The molecular formula is C3H7NOS2. The van der Waals surface area contributed by atoms with E-state index in [1.54, 1.807) is 17.7 Å². The Hall–Kier alpha value is 0.110. The largest absolute Gasteiger partial charge is 0.617 e. The number of isothiocyanates is 1. The van der Waals surface area contributed by atoms with E-state index < -0.39 is 11.2 Å². The summed E-state index contributed by atoms with van der Waals surface area (Å²) in [5.41, 5.74) is 0. The molecule has 0 aliphatic heterocycles. The molecule has 0 unspecified atom stereocenters. The van der Waals surface area contributed by atoms with E-state index in [0.29, 0.717) is 0 Å². The monoisotopic (exact) mass is 137 g/mol. The molecule has 0 aliphatic rings. The normalized spacial score (nSPS) is 6.29. The minimum Gasteiger partial charge on any atom is -0.617 e. The van der Waals surface area contributed by atoms with Crippen molar-refractivity contribution in [1.29, 1.82) is 5.41 Å². The van der Waals surface area contributed by atoms with Crippen molar-refractivity contribution in [2.75, 3.05) is 12.5 Å². The maximum absolute atomic E-state index is 9.56. The molecule has 0 saturated heterocycles. The van der Waals surface area contributed by atoms with Gasteiger partial charge >= 0.3 is 0 Å². The Morgan fingerprint density at radius 1 is 1.71 bits per heavy atom. The average molecular weight is 137 g/mol. The highest BCUT2D eigenvalue weighted by atomic mass is 32.2. The number of rotatable bonds is 0. The van der Waals surface area contributed by atoms with Crippen LogP contribution in [-0.2, 0) is 11.2 Å². The molecule has 0 bridgehead atoms. The first-order valence-corrected chi connectivity index (χ1v) is 3.81. The molecule has 4 heteroatoms. The quantitative estimate of drug-likeness (QED) is 0.303. The average Bonchev–Trinajstić information content (AvgIpc) is 1.33. The molecule has 0 aliphatic carbocycles. The summed E-state index contributed by atoms with van der Waals surface area (Å²) in [4.78, 5) is 0. The Bertz CT molecular complexity index is 55.2. The first kappa shape index (κ1) is 10.2. The molecular weight excluding hydrogens is 130 g/mol. The fourth-order valence-corrected chi connectivity index (χ4v) is 0. The number of hydrogen-bond acceptors (Lipinski definition) is 3. The van der Waals surface area contributed by atoms with Crippen LogP contribution in [0, 0.1) is 5.41 Å². The van der Waals surface area contributed by atoms with Crippen molar-refractivity contribution in [2.45, 2.75) is 0 Å². The highest BCUT2D eigenvalue weighted by Gasteiger charge is 1.66. The van der Waals surface area contributed by atoms with Gasteiger partial charge in [-0.3, -0.25) is 0 Å². The Balaban J connectivity index is 0. The first-order valence-electron chi connectivity index (χ1n) is 1.44. The van der Waals surface area contributed by atoms with Crippen LogP contribution in [0.2, 0.25) is 0 Å². The molecule has 7 heavy (non-hydrogen) atoms. The molecule has 0 fully saturated rings. The number of thiocarbonyl (C=S) groups is 1. The maximum Gasteiger partial charge on any atom is 0.0946 e. The second-order valence-corrected chi connectivity index (χ2v) is 2.53. The van der Waals surface area contributed by atoms with Crippen LogP contribution in [-0.4, -0.2) is 22.2 Å². The van der Waals surface area contributed by atoms with Gasteiger partial charge in [-0.1, -0.05) is 11.2 Å². The molecule has 0 radical (unpaired) electrons. The lowest BCUT2D eigenvalue weighted by Gasteiger charge is -1.87. The van der Waals surface area contributed by atoms with Crippen LogP contribution in [0.5, 0.6) is 0 Å². The molecule has 0 amide bonds. The third-order valence-electron chi connectivity index (χ3n) is 0. The minimum absolute atomic E-state index is 0.611. The van der Waals surface area contributed by atoms with Crippen LogP contribution in [0.25, 0.3) is 0 Å². The van der Waals surface area contributed by atoms with Crippen molar-refractivity contribution < 1.29 is 4.55 Å². The van der Waals surface area contributed by atoms with Crippen LogP contribution < -0.4 is 0 Å². The third-order valence-corrected chi connectivity index (χ3v) is 0. The zero-order valence-corrected chi connectivity index (χ0v) is 5.86. The summed E-state index contributed by atoms with van der Waals surface area (Å²) in [6, 6.07) is 0. The first-order chi connectivity index (χ1) is 3.15. The number of hydrogen-bond donors (Lipinski definition) is 1. The fraction of sp³-hybridized carbons (Fsp3) is 0.667. The van der Waals surface area contributed by atoms with Gasteiger partial charge in [0.15, 0.2) is 0 Å². The predicted molar refractivity (Wildman–Crippen MR) is 35.3 cm³/mol. The van der Waals surface area contributed by atoms with E-state index in [1.165, 1.54) is 0 Å². The van der Waals surface area contributed by atoms with Crippen LogP contribution in [0.3, 0.4) is 0 Å². The summed E-state index contributed by atoms with van der Waals surface area (Å²) in [7, 11) is 0. The zero-order valence-electron chi connectivity index (χ0n) is 4.22. The summed E-state index contributed by atoms with van der Waals surface area (Å²) < 4.78 is 9.56. The van der Waals surface area contributed by atoms with E-state index in [0.717, 1.165) is 0 Å². The fourth-order valence-electron chi connectivity index (χ4n) is 0. The molecule has 0 heterocycles. The maximum atomic E-state index is 9.56. The van der Waals surface area contributed by atoms with Crippen LogP contribution in [0.1, 0.15) is 0 Å². The van der Waals surface area contributed by atoms with Gasteiger partial charge in [0.25, 0.3) is 0 Å². The van der Waals surface area contributed by atoms with Gasteiger partial charge in [0.05, 0.1) is 17.7 Å². The van der Waals surface area contributed by atoms with E-state index >= 15 is 0 Å². The topological polar surface area (TPSA) is 46.9 Å². The molecule has 0 atom stereocenters. The summed E-state index contributed by atoms with van der Waals surface area (Å²) in [6.45, 7) is 0. The molecule has 1 N–H and O–H groups in total. The van der Waals surface area contributed by atoms with E-state index in [4.69, 9.17) is 5.41 Å². The van der Waals surface area contributed by atoms with Crippen LogP contribution in [0.15, 0.2) is 0 Å². The van der Waals surface area contributed by atoms with Crippen molar-refractivity contribution in [3.63, 3.8) is 0 Å². The van der Waals surface area contributed by atoms with Crippen molar-refractivity contribution in [1.82, 2.24) is 0 Å². The number of nitrogens with one attached hydrogen (secondary N) is 1. The van der Waals surface area contributed by atoms with Gasteiger partial charge < -0.3 is 4.55 Å². The summed E-state index contributed by atoms with van der Waals surface area (Å²) in [5, 5.41) is 7.36. The molecule has 2 nitrogen and oxygen atoms in total. The zero-order chi connectivity index (χ0) is 6.28. The Morgan fingerprint density at radius 2 is 1.71 bits per heavy atom. The van der Waals surface area contributed by atoms with Gasteiger partial charge in [0.2, 0.25) is 0 Å². The van der Waals surface area contributed by atoms with Gasteiger partial charge in [-0.15, -0.1) is 0 Å². The highest BCUT2D eigenvalue weighted by molar-refractivity contribution is 7.89. The van der Waals surface area contributed by atoms with Gasteiger partial charge in [0.1, 0.15) is 0 Å². The van der Waals surface area contributed by atoms with Crippen molar-refractivity contribution in [2.24, 2.45) is 0 Å².